The third-order valence-corrected chi connectivity index (χ3v) is 12.9. The van der Waals surface area contributed by atoms with Gasteiger partial charge in [0.1, 0.15) is 11.5 Å². The van der Waals surface area contributed by atoms with Crippen LogP contribution in [0.5, 0.6) is 11.5 Å². The Bertz CT molecular complexity index is 2290. The van der Waals surface area contributed by atoms with E-state index in [0.29, 0.717) is 45.0 Å². The van der Waals surface area contributed by atoms with Crippen LogP contribution in [0, 0.1) is 0 Å². The van der Waals surface area contributed by atoms with E-state index in [4.69, 9.17) is 9.47 Å². The van der Waals surface area contributed by atoms with Gasteiger partial charge in [-0.1, -0.05) is 15.9 Å². The highest BCUT2D eigenvalue weighted by molar-refractivity contribution is 9.08. The number of esters is 2. The first-order valence-electron chi connectivity index (χ1n) is 18.5. The molecule has 6 rings (SSSR count). The summed E-state index contributed by atoms with van der Waals surface area (Å²) in [4.78, 5) is 60.5. The van der Waals surface area contributed by atoms with Crippen molar-refractivity contribution in [2.24, 2.45) is 0 Å². The fourth-order valence-corrected chi connectivity index (χ4v) is 8.29. The number of methoxy groups -OCH3 is 4. The van der Waals surface area contributed by atoms with E-state index in [1.807, 2.05) is 0 Å². The smallest absolute Gasteiger partial charge is 0.339 e. The van der Waals surface area contributed by atoms with Crippen LogP contribution in [0.25, 0.3) is 0 Å². The molecule has 2 aromatic carbocycles. The third kappa shape index (κ3) is 14.7. The largest absolute Gasteiger partial charge is 0.497 e. The molecule has 1 N–H and O–H groups in total. The highest BCUT2D eigenvalue weighted by Crippen LogP contribution is 2.23. The van der Waals surface area contributed by atoms with Crippen molar-refractivity contribution in [3.63, 3.8) is 0 Å². The Balaban J connectivity index is 0.000000224. The average molecular weight is 948 g/mol. The van der Waals surface area contributed by atoms with Crippen molar-refractivity contribution < 1.29 is 55.0 Å². The maximum Gasteiger partial charge on any atom is 0.339 e. The Morgan fingerprint density at radius 1 is 0.639 bits per heavy atom. The molecule has 0 aliphatic carbocycles. The zero-order chi connectivity index (χ0) is 44.6. The van der Waals surface area contributed by atoms with Gasteiger partial charge >= 0.3 is 24.0 Å². The Labute approximate surface area is 363 Å². The van der Waals surface area contributed by atoms with E-state index in [-0.39, 0.29) is 73.8 Å². The molecule has 2 fully saturated rings. The lowest BCUT2D eigenvalue weighted by Crippen LogP contribution is -2.49. The zero-order valence-corrected chi connectivity index (χ0v) is 37.2. The molecule has 4 aromatic rings. The maximum absolute atomic E-state index is 13.2. The van der Waals surface area contributed by atoms with Crippen molar-refractivity contribution in [3.05, 3.63) is 108 Å². The van der Waals surface area contributed by atoms with Crippen LogP contribution < -0.4 is 19.7 Å². The summed E-state index contributed by atoms with van der Waals surface area (Å²) < 4.78 is 65.4. The molecule has 61 heavy (non-hydrogen) atoms. The standard InChI is InChI=1S/C20H23N3O6S.C12H16N2O4S.C8H8BrNO2/c1-28-18-7-5-17(6-8-18)23(20(25)22-9-11-30(26,27)12-10-22)14-16-4-3-15(13-21-16)19(24)29-2;1-18-11-4-2-10(3-5-11)13-12(15)14-6-8-19(16,17)9-7-14;1-12-8(11)6-2-3-7(4-9)10-5-6/h3-8,13H,9-12,14H2,1-2H3;2-5H,6-9H2,1H3,(H,13,15);2-3,5H,4H2,1H3. The van der Waals surface area contributed by atoms with Gasteiger partial charge in [-0.25, -0.2) is 36.0 Å². The number of anilines is 2. The van der Waals surface area contributed by atoms with Gasteiger partial charge in [-0.3, -0.25) is 14.9 Å². The van der Waals surface area contributed by atoms with Crippen molar-refractivity contribution in [2.45, 2.75) is 11.9 Å². The summed E-state index contributed by atoms with van der Waals surface area (Å²) in [5.74, 6) is 0.460. The summed E-state index contributed by atoms with van der Waals surface area (Å²) in [6, 6.07) is 20.1. The normalized spacial score (nSPS) is 15.0. The van der Waals surface area contributed by atoms with Gasteiger partial charge < -0.3 is 34.1 Å². The van der Waals surface area contributed by atoms with E-state index < -0.39 is 25.6 Å². The number of pyridine rings is 2. The molecular formula is C40H47BrN6O12S2. The van der Waals surface area contributed by atoms with E-state index >= 15 is 0 Å². The summed E-state index contributed by atoms with van der Waals surface area (Å²) >= 11 is 3.26. The van der Waals surface area contributed by atoms with Crippen LogP contribution in [0.15, 0.2) is 85.2 Å². The van der Waals surface area contributed by atoms with E-state index in [1.165, 1.54) is 41.3 Å². The van der Waals surface area contributed by atoms with E-state index in [9.17, 15) is 36.0 Å². The molecule has 0 saturated carbocycles. The minimum Gasteiger partial charge on any atom is -0.497 e. The molecule has 0 spiro atoms. The van der Waals surface area contributed by atoms with Gasteiger partial charge in [-0.2, -0.15) is 0 Å². The predicted molar refractivity (Wildman–Crippen MR) is 231 cm³/mol. The van der Waals surface area contributed by atoms with Gasteiger partial charge in [0, 0.05) is 55.3 Å². The van der Waals surface area contributed by atoms with E-state index in [1.54, 1.807) is 87.0 Å². The fraction of sp³-hybridized carbons (Fsp3) is 0.350. The van der Waals surface area contributed by atoms with Crippen molar-refractivity contribution >= 4 is 71.0 Å². The summed E-state index contributed by atoms with van der Waals surface area (Å²) in [5, 5.41) is 3.42. The number of urea groups is 2. The van der Waals surface area contributed by atoms with Gasteiger partial charge in [0.15, 0.2) is 19.7 Å². The Hall–Kier alpha value is -5.80. The minimum atomic E-state index is -3.11. The number of benzene rings is 2. The van der Waals surface area contributed by atoms with Crippen molar-refractivity contribution in [1.29, 1.82) is 0 Å². The first kappa shape index (κ1) is 47.9. The first-order valence-corrected chi connectivity index (χ1v) is 23.3. The van der Waals surface area contributed by atoms with Crippen LogP contribution >= 0.6 is 15.9 Å². The molecule has 2 aliphatic rings. The molecule has 328 valence electrons. The number of alkyl halides is 1. The van der Waals surface area contributed by atoms with Gasteiger partial charge in [-0.05, 0) is 72.8 Å². The molecule has 2 aromatic heterocycles. The van der Waals surface area contributed by atoms with Gasteiger partial charge in [-0.15, -0.1) is 0 Å². The molecule has 0 radical (unpaired) electrons. The van der Waals surface area contributed by atoms with E-state index in [0.717, 1.165) is 5.69 Å². The zero-order valence-electron chi connectivity index (χ0n) is 34.0. The number of carbonyl (C=O) groups excluding carboxylic acids is 4. The lowest BCUT2D eigenvalue weighted by Gasteiger charge is -2.33. The fourth-order valence-electron chi connectivity index (χ4n) is 5.56. The quantitative estimate of drug-likeness (QED) is 0.181. The number of rotatable bonds is 9. The number of sulfone groups is 2. The molecule has 2 aliphatic heterocycles. The number of ether oxygens (including phenoxy) is 4. The van der Waals surface area contributed by atoms with Crippen LogP contribution in [-0.4, -0.2) is 138 Å². The summed E-state index contributed by atoms with van der Waals surface area (Å²) in [5.41, 5.74) is 3.51. The molecule has 18 nitrogen and oxygen atoms in total. The number of hydrogen-bond donors (Lipinski definition) is 1. The molecule has 4 amide bonds. The van der Waals surface area contributed by atoms with Crippen LogP contribution in [0.1, 0.15) is 32.1 Å². The van der Waals surface area contributed by atoms with Crippen molar-refractivity contribution in [1.82, 2.24) is 19.8 Å². The number of halogens is 1. The molecule has 0 atom stereocenters. The number of hydrogen-bond acceptors (Lipinski definition) is 14. The minimum absolute atomic E-state index is 0.0308. The first-order chi connectivity index (χ1) is 29.1. The number of nitrogens with one attached hydrogen (secondary N) is 1. The third-order valence-electron chi connectivity index (χ3n) is 9.15. The van der Waals surface area contributed by atoms with Crippen LogP contribution in [0.2, 0.25) is 0 Å². The summed E-state index contributed by atoms with van der Waals surface area (Å²) in [6.07, 6.45) is 2.90. The monoisotopic (exact) mass is 946 g/mol. The highest BCUT2D eigenvalue weighted by atomic mass is 79.9. The average Bonchev–Trinajstić information content (AvgIpc) is 3.28. The Morgan fingerprint density at radius 3 is 1.49 bits per heavy atom. The molecule has 4 heterocycles. The Kier molecular flexibility index (Phi) is 17.8. The second kappa shape index (κ2) is 22.7. The summed E-state index contributed by atoms with van der Waals surface area (Å²) in [6.45, 7) is 0.912. The predicted octanol–water partition coefficient (Wildman–Crippen LogP) is 4.45. The molecular weight excluding hydrogens is 901 g/mol. The maximum atomic E-state index is 13.2. The molecule has 0 unspecified atom stereocenters. The highest BCUT2D eigenvalue weighted by Gasteiger charge is 2.29. The number of nitrogens with zero attached hydrogens (tertiary/aromatic N) is 5. The SMILES string of the molecule is COC(=O)c1ccc(CBr)nc1.COC(=O)c1ccc(CN(C(=O)N2CCS(=O)(=O)CC2)c2ccc(OC)cc2)nc1.COc1ccc(NC(=O)N2CCS(=O)(=O)CC2)cc1. The lowest BCUT2D eigenvalue weighted by molar-refractivity contribution is 0.0591. The van der Waals surface area contributed by atoms with Crippen molar-refractivity contribution in [2.75, 3.05) is 87.8 Å². The van der Waals surface area contributed by atoms with Crippen LogP contribution in [-0.2, 0) is 41.0 Å². The van der Waals surface area contributed by atoms with Gasteiger partial charge in [0.2, 0.25) is 0 Å². The second-order valence-corrected chi connectivity index (χ2v) is 18.4. The number of carbonyl (C=O) groups is 4. The van der Waals surface area contributed by atoms with Crippen LogP contribution in [0.3, 0.4) is 0 Å². The van der Waals surface area contributed by atoms with Gasteiger partial charge in [0.25, 0.3) is 0 Å². The Morgan fingerprint density at radius 2 is 1.08 bits per heavy atom. The topological polar surface area (TPSA) is 221 Å². The van der Waals surface area contributed by atoms with Gasteiger partial charge in [0.05, 0.1) is 80.5 Å². The van der Waals surface area contributed by atoms with E-state index in [2.05, 4.69) is 40.7 Å². The molecule has 0 bridgehead atoms. The second-order valence-electron chi connectivity index (χ2n) is 13.2. The van der Waals surface area contributed by atoms with Crippen LogP contribution in [0.4, 0.5) is 21.0 Å². The number of aromatic nitrogens is 2. The molecule has 2 saturated heterocycles. The van der Waals surface area contributed by atoms with Crippen molar-refractivity contribution in [3.8, 4) is 11.5 Å². The summed E-state index contributed by atoms with van der Waals surface area (Å²) in [7, 11) is -0.313. The lowest BCUT2D eigenvalue weighted by atomic mass is 10.2. The number of amides is 4. The molecule has 21 heteroatoms.